The van der Waals surface area contributed by atoms with Crippen LogP contribution in [0.15, 0.2) is 5.38 Å². The lowest BCUT2D eigenvalue weighted by molar-refractivity contribution is -0.145. The summed E-state index contributed by atoms with van der Waals surface area (Å²) in [6, 6.07) is 0. The lowest BCUT2D eigenvalue weighted by Crippen LogP contribution is -2.55. The molecule has 2 unspecified atom stereocenters. The molecule has 1 saturated carbocycles. The van der Waals surface area contributed by atoms with E-state index in [9.17, 15) is 14.7 Å². The summed E-state index contributed by atoms with van der Waals surface area (Å²) in [5, 5.41) is 14.6. The van der Waals surface area contributed by atoms with Crippen molar-refractivity contribution >= 4 is 23.2 Å². The number of nitrogens with zero attached hydrogens (tertiary/aromatic N) is 1. The number of nitrogens with one attached hydrogen (secondary N) is 1. The van der Waals surface area contributed by atoms with Gasteiger partial charge < -0.3 is 15.2 Å². The fourth-order valence-electron chi connectivity index (χ4n) is 2.81. The van der Waals surface area contributed by atoms with Crippen molar-refractivity contribution in [2.45, 2.75) is 44.8 Å². The fraction of sp³-hybridized carbons (Fsp3) is 0.643. The van der Waals surface area contributed by atoms with Crippen molar-refractivity contribution in [2.24, 2.45) is 5.92 Å². The number of amides is 1. The van der Waals surface area contributed by atoms with Crippen molar-refractivity contribution in [3.8, 4) is 0 Å². The van der Waals surface area contributed by atoms with Gasteiger partial charge in [0.25, 0.3) is 5.91 Å². The monoisotopic (exact) mass is 312 g/mol. The number of carboxylic acids is 1. The van der Waals surface area contributed by atoms with Gasteiger partial charge in [0.05, 0.1) is 18.1 Å². The molecule has 0 aliphatic heterocycles. The van der Waals surface area contributed by atoms with Crippen LogP contribution in [-0.2, 0) is 16.1 Å². The Morgan fingerprint density at radius 3 is 3.00 bits per heavy atom. The van der Waals surface area contributed by atoms with Gasteiger partial charge in [0.2, 0.25) is 0 Å². The summed E-state index contributed by atoms with van der Waals surface area (Å²) in [5.41, 5.74) is -0.394. The number of carboxylic acid groups (broad SMARTS) is 1. The minimum absolute atomic E-state index is 0.316. The van der Waals surface area contributed by atoms with Crippen LogP contribution >= 0.6 is 11.3 Å². The van der Waals surface area contributed by atoms with E-state index in [4.69, 9.17) is 4.74 Å². The highest BCUT2D eigenvalue weighted by molar-refractivity contribution is 7.09. The van der Waals surface area contributed by atoms with Gasteiger partial charge in [-0.3, -0.25) is 9.59 Å². The second-order valence-corrected chi connectivity index (χ2v) is 6.51. The molecule has 21 heavy (non-hydrogen) atoms. The molecule has 1 heterocycles. The highest BCUT2D eigenvalue weighted by atomic mass is 32.1. The molecule has 1 aromatic heterocycles. The molecule has 2 rings (SSSR count). The van der Waals surface area contributed by atoms with E-state index in [0.29, 0.717) is 25.1 Å². The summed E-state index contributed by atoms with van der Waals surface area (Å²) >= 11 is 1.36. The smallest absolute Gasteiger partial charge is 0.308 e. The predicted molar refractivity (Wildman–Crippen MR) is 78.3 cm³/mol. The SMILES string of the molecule is COCc1nc(C(=O)NC2(C)CCCCC2C(=O)O)cs1. The van der Waals surface area contributed by atoms with E-state index in [0.717, 1.165) is 17.8 Å². The second-order valence-electron chi connectivity index (χ2n) is 5.57. The van der Waals surface area contributed by atoms with Crippen molar-refractivity contribution in [1.82, 2.24) is 10.3 Å². The average molecular weight is 312 g/mol. The summed E-state index contributed by atoms with van der Waals surface area (Å²) in [6.45, 7) is 2.18. The van der Waals surface area contributed by atoms with Crippen LogP contribution in [0.4, 0.5) is 0 Å². The molecule has 1 amide bonds. The number of carbonyl (C=O) groups excluding carboxylic acids is 1. The number of thiazole rings is 1. The maximum absolute atomic E-state index is 12.3. The first-order chi connectivity index (χ1) is 9.96. The molecule has 0 spiro atoms. The number of rotatable bonds is 5. The van der Waals surface area contributed by atoms with E-state index in [1.54, 1.807) is 12.5 Å². The topological polar surface area (TPSA) is 88.5 Å². The fourth-order valence-corrected chi connectivity index (χ4v) is 3.55. The van der Waals surface area contributed by atoms with Crippen LogP contribution in [0.5, 0.6) is 0 Å². The number of carbonyl (C=O) groups is 2. The van der Waals surface area contributed by atoms with Gasteiger partial charge in [-0.1, -0.05) is 12.8 Å². The van der Waals surface area contributed by atoms with Gasteiger partial charge in [0.1, 0.15) is 10.7 Å². The number of hydrogen-bond donors (Lipinski definition) is 2. The molecule has 1 aromatic rings. The molecule has 7 heteroatoms. The van der Waals surface area contributed by atoms with Crippen molar-refractivity contribution in [2.75, 3.05) is 7.11 Å². The molecule has 0 aromatic carbocycles. The van der Waals surface area contributed by atoms with E-state index in [1.807, 2.05) is 6.92 Å². The molecule has 116 valence electrons. The van der Waals surface area contributed by atoms with Crippen molar-refractivity contribution in [3.05, 3.63) is 16.1 Å². The summed E-state index contributed by atoms with van der Waals surface area (Å²) < 4.78 is 4.98. The Morgan fingerprint density at radius 2 is 2.33 bits per heavy atom. The van der Waals surface area contributed by atoms with E-state index in [-0.39, 0.29) is 5.91 Å². The Bertz CT molecular complexity index is 531. The zero-order valence-electron chi connectivity index (χ0n) is 12.2. The van der Waals surface area contributed by atoms with Gasteiger partial charge in [-0.05, 0) is 19.8 Å². The molecule has 1 aliphatic rings. The molecular weight excluding hydrogens is 292 g/mol. The number of ether oxygens (including phenoxy) is 1. The van der Waals surface area contributed by atoms with E-state index in [2.05, 4.69) is 10.3 Å². The Morgan fingerprint density at radius 1 is 1.57 bits per heavy atom. The quantitative estimate of drug-likeness (QED) is 0.868. The first-order valence-corrected chi connectivity index (χ1v) is 7.83. The Labute approximate surface area is 127 Å². The van der Waals surface area contributed by atoms with Crippen LogP contribution < -0.4 is 5.32 Å². The Balaban J connectivity index is 2.10. The molecule has 2 N–H and O–H groups in total. The predicted octanol–water partition coefficient (Wildman–Crippen LogP) is 2.05. The minimum atomic E-state index is -0.851. The molecule has 1 aliphatic carbocycles. The van der Waals surface area contributed by atoms with Crippen LogP contribution in [0.3, 0.4) is 0 Å². The van der Waals surface area contributed by atoms with Crippen LogP contribution in [0.25, 0.3) is 0 Å². The van der Waals surface area contributed by atoms with E-state index >= 15 is 0 Å². The third kappa shape index (κ3) is 3.59. The van der Waals surface area contributed by atoms with Crippen LogP contribution in [0.1, 0.15) is 48.1 Å². The van der Waals surface area contributed by atoms with Crippen molar-refractivity contribution in [1.29, 1.82) is 0 Å². The second kappa shape index (κ2) is 6.53. The number of hydrogen-bond acceptors (Lipinski definition) is 5. The number of aliphatic carboxylic acids is 1. The molecule has 0 radical (unpaired) electrons. The zero-order valence-corrected chi connectivity index (χ0v) is 13.0. The van der Waals surface area contributed by atoms with Crippen LogP contribution in [0, 0.1) is 5.92 Å². The standard InChI is InChI=1S/C14H20N2O4S/c1-14(6-4-3-5-9(14)13(18)19)16-12(17)10-8-21-11(15-10)7-20-2/h8-9H,3-7H2,1-2H3,(H,16,17)(H,18,19). The van der Waals surface area contributed by atoms with Gasteiger partial charge in [-0.25, -0.2) is 4.98 Å². The number of aromatic nitrogens is 1. The highest BCUT2D eigenvalue weighted by Crippen LogP contribution is 2.34. The third-order valence-corrected chi connectivity index (χ3v) is 4.78. The van der Waals surface area contributed by atoms with Gasteiger partial charge in [-0.2, -0.15) is 0 Å². The Kier molecular flexibility index (Phi) is 4.95. The first kappa shape index (κ1) is 15.9. The van der Waals surface area contributed by atoms with Gasteiger partial charge in [0, 0.05) is 12.5 Å². The van der Waals surface area contributed by atoms with Crippen LogP contribution in [0.2, 0.25) is 0 Å². The van der Waals surface area contributed by atoms with Crippen LogP contribution in [-0.4, -0.2) is 34.6 Å². The molecule has 0 saturated heterocycles. The van der Waals surface area contributed by atoms with Crippen molar-refractivity contribution in [3.63, 3.8) is 0 Å². The molecule has 0 bridgehead atoms. The highest BCUT2D eigenvalue weighted by Gasteiger charge is 2.42. The summed E-state index contributed by atoms with van der Waals surface area (Å²) in [6.07, 6.45) is 3.08. The van der Waals surface area contributed by atoms with Crippen molar-refractivity contribution < 1.29 is 19.4 Å². The summed E-state index contributed by atoms with van der Waals surface area (Å²) in [7, 11) is 1.57. The van der Waals surface area contributed by atoms with E-state index in [1.165, 1.54) is 11.3 Å². The lowest BCUT2D eigenvalue weighted by Gasteiger charge is -2.39. The third-order valence-electron chi connectivity index (χ3n) is 3.96. The molecule has 6 nitrogen and oxygen atoms in total. The summed E-state index contributed by atoms with van der Waals surface area (Å²) in [4.78, 5) is 27.9. The maximum Gasteiger partial charge on any atom is 0.308 e. The van der Waals surface area contributed by atoms with Gasteiger partial charge in [0.15, 0.2) is 0 Å². The lowest BCUT2D eigenvalue weighted by atomic mass is 9.74. The average Bonchev–Trinajstić information content (AvgIpc) is 2.87. The Hall–Kier alpha value is -1.47. The zero-order chi connectivity index (χ0) is 15.5. The minimum Gasteiger partial charge on any atom is -0.481 e. The molecule has 2 atom stereocenters. The van der Waals surface area contributed by atoms with Gasteiger partial charge in [-0.15, -0.1) is 11.3 Å². The molecular formula is C14H20N2O4S. The normalized spacial score (nSPS) is 25.5. The largest absolute Gasteiger partial charge is 0.481 e. The molecule has 1 fully saturated rings. The first-order valence-electron chi connectivity index (χ1n) is 6.95. The summed E-state index contributed by atoms with van der Waals surface area (Å²) in [5.74, 6) is -1.72. The van der Waals surface area contributed by atoms with E-state index < -0.39 is 17.4 Å². The number of methoxy groups -OCH3 is 1. The maximum atomic E-state index is 12.3. The van der Waals surface area contributed by atoms with Gasteiger partial charge >= 0.3 is 5.97 Å².